The molecule has 0 spiro atoms. The van der Waals surface area contributed by atoms with E-state index in [1.54, 1.807) is 31.4 Å². The standard InChI is InChI=1S/C13H14BrN3O3S/c1-20-11-4-2-3-9(5-11)7-17-21(18,19)12-6-10(14)8-16-13(12)15/h2-6,8,17H,7H2,1H3,(H2,15,16). The number of anilines is 1. The maximum Gasteiger partial charge on any atom is 0.244 e. The Labute approximate surface area is 131 Å². The molecule has 6 nitrogen and oxygen atoms in total. The molecule has 2 rings (SSSR count). The summed E-state index contributed by atoms with van der Waals surface area (Å²) >= 11 is 3.18. The molecule has 0 atom stereocenters. The van der Waals surface area contributed by atoms with Crippen molar-refractivity contribution in [2.75, 3.05) is 12.8 Å². The van der Waals surface area contributed by atoms with Crippen LogP contribution < -0.4 is 15.2 Å². The van der Waals surface area contributed by atoms with Gasteiger partial charge >= 0.3 is 0 Å². The van der Waals surface area contributed by atoms with Crippen LogP contribution >= 0.6 is 15.9 Å². The minimum absolute atomic E-state index is 0.0451. The summed E-state index contributed by atoms with van der Waals surface area (Å²) in [6.45, 7) is 0.130. The molecule has 21 heavy (non-hydrogen) atoms. The number of nitrogens with zero attached hydrogens (tertiary/aromatic N) is 1. The minimum atomic E-state index is -3.74. The molecule has 1 heterocycles. The molecule has 112 valence electrons. The SMILES string of the molecule is COc1cccc(CNS(=O)(=O)c2cc(Br)cnc2N)c1. The van der Waals surface area contributed by atoms with Gasteiger partial charge in [0.05, 0.1) is 7.11 Å². The molecule has 2 aromatic rings. The molecule has 0 aliphatic carbocycles. The molecule has 0 unspecified atom stereocenters. The second-order valence-corrected chi connectivity index (χ2v) is 6.86. The first kappa shape index (κ1) is 15.7. The highest BCUT2D eigenvalue weighted by atomic mass is 79.9. The lowest BCUT2D eigenvalue weighted by atomic mass is 10.2. The molecule has 8 heteroatoms. The van der Waals surface area contributed by atoms with Gasteiger partial charge in [0.25, 0.3) is 0 Å². The first-order valence-electron chi connectivity index (χ1n) is 5.96. The zero-order valence-corrected chi connectivity index (χ0v) is 13.6. The molecule has 0 saturated heterocycles. The third-order valence-corrected chi connectivity index (χ3v) is 4.60. The number of sulfonamides is 1. The van der Waals surface area contributed by atoms with Gasteiger partial charge < -0.3 is 10.5 Å². The molecule has 0 aliphatic rings. The Morgan fingerprint density at radius 1 is 1.38 bits per heavy atom. The van der Waals surface area contributed by atoms with E-state index in [9.17, 15) is 8.42 Å². The highest BCUT2D eigenvalue weighted by molar-refractivity contribution is 9.10. The van der Waals surface area contributed by atoms with Gasteiger partial charge in [-0.25, -0.2) is 18.1 Å². The number of aromatic nitrogens is 1. The van der Waals surface area contributed by atoms with Crippen molar-refractivity contribution < 1.29 is 13.2 Å². The average Bonchev–Trinajstić information content (AvgIpc) is 2.48. The normalized spacial score (nSPS) is 11.3. The number of pyridine rings is 1. The lowest BCUT2D eigenvalue weighted by Crippen LogP contribution is -2.24. The largest absolute Gasteiger partial charge is 0.497 e. The molecular weight excluding hydrogens is 358 g/mol. The van der Waals surface area contributed by atoms with Gasteiger partial charge in [0.1, 0.15) is 16.5 Å². The van der Waals surface area contributed by atoms with Crippen molar-refractivity contribution in [1.82, 2.24) is 9.71 Å². The zero-order valence-electron chi connectivity index (χ0n) is 11.2. The molecule has 0 fully saturated rings. The Morgan fingerprint density at radius 3 is 2.86 bits per heavy atom. The lowest BCUT2D eigenvalue weighted by molar-refractivity contribution is 0.414. The van der Waals surface area contributed by atoms with E-state index in [0.717, 1.165) is 5.56 Å². The molecular formula is C13H14BrN3O3S. The molecule has 0 aliphatic heterocycles. The number of halogens is 1. The number of benzene rings is 1. The van der Waals surface area contributed by atoms with E-state index in [1.165, 1.54) is 12.3 Å². The van der Waals surface area contributed by atoms with Crippen LogP contribution in [0.5, 0.6) is 5.75 Å². The van der Waals surface area contributed by atoms with Crippen molar-refractivity contribution >= 4 is 31.8 Å². The number of nitrogen functional groups attached to an aromatic ring is 1. The molecule has 1 aromatic carbocycles. The highest BCUT2D eigenvalue weighted by Gasteiger charge is 2.18. The van der Waals surface area contributed by atoms with Gasteiger partial charge in [-0.1, -0.05) is 12.1 Å². The smallest absolute Gasteiger partial charge is 0.244 e. The van der Waals surface area contributed by atoms with Crippen LogP contribution in [0.3, 0.4) is 0 Å². The number of methoxy groups -OCH3 is 1. The van der Waals surface area contributed by atoms with E-state index in [1.807, 2.05) is 0 Å². The molecule has 3 N–H and O–H groups in total. The number of rotatable bonds is 5. The molecule has 0 radical (unpaired) electrons. The van der Waals surface area contributed by atoms with E-state index in [-0.39, 0.29) is 17.3 Å². The fourth-order valence-electron chi connectivity index (χ4n) is 1.69. The van der Waals surface area contributed by atoms with Crippen LogP contribution in [0.15, 0.2) is 45.9 Å². The average molecular weight is 372 g/mol. The lowest BCUT2D eigenvalue weighted by Gasteiger charge is -2.09. The fraction of sp³-hybridized carbons (Fsp3) is 0.154. The Kier molecular flexibility index (Phi) is 4.81. The van der Waals surface area contributed by atoms with E-state index < -0.39 is 10.0 Å². The van der Waals surface area contributed by atoms with Crippen molar-refractivity contribution in [1.29, 1.82) is 0 Å². The Hall–Kier alpha value is -1.64. The summed E-state index contributed by atoms with van der Waals surface area (Å²) in [4.78, 5) is 3.76. The second-order valence-electron chi connectivity index (χ2n) is 4.21. The van der Waals surface area contributed by atoms with Gasteiger partial charge in [-0.3, -0.25) is 0 Å². The van der Waals surface area contributed by atoms with Crippen molar-refractivity contribution in [3.8, 4) is 5.75 Å². The third-order valence-electron chi connectivity index (χ3n) is 2.74. The van der Waals surface area contributed by atoms with Crippen LogP contribution in [0.4, 0.5) is 5.82 Å². The first-order valence-corrected chi connectivity index (χ1v) is 8.23. The highest BCUT2D eigenvalue weighted by Crippen LogP contribution is 2.21. The summed E-state index contributed by atoms with van der Waals surface area (Å²) in [5.74, 6) is 0.617. The Balaban J connectivity index is 2.19. The van der Waals surface area contributed by atoms with Crippen molar-refractivity contribution in [2.24, 2.45) is 0 Å². The van der Waals surface area contributed by atoms with Gasteiger partial charge in [-0.2, -0.15) is 0 Å². The fourth-order valence-corrected chi connectivity index (χ4v) is 3.29. The number of hydrogen-bond acceptors (Lipinski definition) is 5. The summed E-state index contributed by atoms with van der Waals surface area (Å²) < 4.78 is 32.6. The topological polar surface area (TPSA) is 94.3 Å². The van der Waals surface area contributed by atoms with Gasteiger partial charge in [0.2, 0.25) is 10.0 Å². The number of nitrogens with one attached hydrogen (secondary N) is 1. The molecule has 0 saturated carbocycles. The first-order chi connectivity index (χ1) is 9.92. The monoisotopic (exact) mass is 371 g/mol. The minimum Gasteiger partial charge on any atom is -0.497 e. The summed E-state index contributed by atoms with van der Waals surface area (Å²) in [7, 11) is -2.19. The maximum atomic E-state index is 12.2. The maximum absolute atomic E-state index is 12.2. The van der Waals surface area contributed by atoms with E-state index in [2.05, 4.69) is 25.6 Å². The third kappa shape index (κ3) is 3.93. The predicted octanol–water partition coefficient (Wildman–Crippen LogP) is 1.91. The van der Waals surface area contributed by atoms with Crippen LogP contribution in [0.25, 0.3) is 0 Å². The van der Waals surface area contributed by atoms with Gasteiger partial charge in [-0.05, 0) is 39.7 Å². The predicted molar refractivity (Wildman–Crippen MR) is 83.4 cm³/mol. The van der Waals surface area contributed by atoms with Crippen LogP contribution in [0, 0.1) is 0 Å². The molecule has 0 amide bonds. The number of ether oxygens (including phenoxy) is 1. The van der Waals surface area contributed by atoms with E-state index in [0.29, 0.717) is 10.2 Å². The second kappa shape index (κ2) is 6.42. The van der Waals surface area contributed by atoms with Crippen LogP contribution in [-0.4, -0.2) is 20.5 Å². The van der Waals surface area contributed by atoms with Crippen molar-refractivity contribution in [2.45, 2.75) is 11.4 Å². The Bertz CT molecular complexity index is 750. The summed E-state index contributed by atoms with van der Waals surface area (Å²) in [5.41, 5.74) is 6.40. The van der Waals surface area contributed by atoms with Gasteiger partial charge in [0, 0.05) is 17.2 Å². The van der Waals surface area contributed by atoms with Crippen molar-refractivity contribution in [3.63, 3.8) is 0 Å². The van der Waals surface area contributed by atoms with Gasteiger partial charge in [0.15, 0.2) is 0 Å². The van der Waals surface area contributed by atoms with Crippen LogP contribution in [-0.2, 0) is 16.6 Å². The van der Waals surface area contributed by atoms with Crippen LogP contribution in [0.1, 0.15) is 5.56 Å². The van der Waals surface area contributed by atoms with E-state index in [4.69, 9.17) is 10.5 Å². The molecule has 1 aromatic heterocycles. The summed E-state index contributed by atoms with van der Waals surface area (Å²) in [5, 5.41) is 0. The van der Waals surface area contributed by atoms with Crippen molar-refractivity contribution in [3.05, 3.63) is 46.6 Å². The number of hydrogen-bond donors (Lipinski definition) is 2. The summed E-state index contributed by atoms with van der Waals surface area (Å²) in [6.07, 6.45) is 1.44. The zero-order chi connectivity index (χ0) is 15.5. The van der Waals surface area contributed by atoms with Crippen LogP contribution in [0.2, 0.25) is 0 Å². The Morgan fingerprint density at radius 2 is 2.14 bits per heavy atom. The molecule has 0 bridgehead atoms. The quantitative estimate of drug-likeness (QED) is 0.836. The summed E-state index contributed by atoms with van der Waals surface area (Å²) in [6, 6.07) is 8.54. The van der Waals surface area contributed by atoms with Gasteiger partial charge in [-0.15, -0.1) is 0 Å². The number of nitrogens with two attached hydrogens (primary N) is 1. The van der Waals surface area contributed by atoms with E-state index >= 15 is 0 Å².